The van der Waals surface area contributed by atoms with Gasteiger partial charge >= 0.3 is 0 Å². The van der Waals surface area contributed by atoms with Gasteiger partial charge in [0.2, 0.25) is 5.95 Å². The largest absolute Gasteiger partial charge is 0.337 e. The number of nitrogens with zero attached hydrogens (tertiary/aromatic N) is 3. The molecule has 1 amide bonds. The summed E-state index contributed by atoms with van der Waals surface area (Å²) in [6.07, 6.45) is 3.92. The Bertz CT molecular complexity index is 1280. The van der Waals surface area contributed by atoms with Crippen molar-refractivity contribution in [3.8, 4) is 5.95 Å². The van der Waals surface area contributed by atoms with Crippen LogP contribution in [0.2, 0.25) is 0 Å². The molecule has 5 rings (SSSR count). The minimum absolute atomic E-state index is 0.161. The van der Waals surface area contributed by atoms with Crippen molar-refractivity contribution in [1.82, 2.24) is 24.6 Å². The number of fused-ring (bicyclic) bond motifs is 1. The van der Waals surface area contributed by atoms with Gasteiger partial charge in [-0.25, -0.2) is 9.37 Å². The molecule has 0 unspecified atom stereocenters. The van der Waals surface area contributed by atoms with E-state index < -0.39 is 0 Å². The van der Waals surface area contributed by atoms with Crippen LogP contribution in [0, 0.1) is 5.82 Å². The topological polar surface area (TPSA) is 86.8 Å². The molecule has 0 saturated carbocycles. The molecule has 0 atom stereocenters. The predicted octanol–water partition coefficient (Wildman–Crippen LogP) is 3.59. The Labute approximate surface area is 183 Å². The predicted molar refractivity (Wildman–Crippen MR) is 120 cm³/mol. The zero-order valence-electron chi connectivity index (χ0n) is 17.6. The SMILES string of the molecule is O=C(c1[nH]n(-c2nc3ccccc3[nH]2)c(=O)c1CCc1ccc(F)cc1)N1CCCCC1. The van der Waals surface area contributed by atoms with Crippen molar-refractivity contribution in [1.29, 1.82) is 0 Å². The number of nitrogens with one attached hydrogen (secondary N) is 2. The van der Waals surface area contributed by atoms with Crippen molar-refractivity contribution < 1.29 is 9.18 Å². The summed E-state index contributed by atoms with van der Waals surface area (Å²) in [6, 6.07) is 13.7. The summed E-state index contributed by atoms with van der Waals surface area (Å²) in [7, 11) is 0. The number of hydrogen-bond donors (Lipinski definition) is 2. The average molecular weight is 433 g/mol. The summed E-state index contributed by atoms with van der Waals surface area (Å²) < 4.78 is 14.6. The molecule has 164 valence electrons. The Morgan fingerprint density at radius 3 is 2.50 bits per heavy atom. The fraction of sp³-hybridized carbons (Fsp3) is 0.292. The molecular weight excluding hydrogens is 409 g/mol. The number of carbonyl (C=O) groups is 1. The molecule has 1 aliphatic rings. The first-order valence-electron chi connectivity index (χ1n) is 10.9. The lowest BCUT2D eigenvalue weighted by molar-refractivity contribution is 0.0716. The van der Waals surface area contributed by atoms with Gasteiger partial charge in [0.25, 0.3) is 11.5 Å². The van der Waals surface area contributed by atoms with Crippen LogP contribution >= 0.6 is 0 Å². The maximum Gasteiger partial charge on any atom is 0.277 e. The van der Waals surface area contributed by atoms with Crippen LogP contribution in [0.25, 0.3) is 17.0 Å². The molecule has 2 aromatic carbocycles. The Morgan fingerprint density at radius 2 is 1.75 bits per heavy atom. The van der Waals surface area contributed by atoms with E-state index in [1.54, 1.807) is 17.0 Å². The number of carbonyl (C=O) groups excluding carboxylic acids is 1. The molecule has 1 fully saturated rings. The fourth-order valence-corrected chi connectivity index (χ4v) is 4.25. The fourth-order valence-electron chi connectivity index (χ4n) is 4.25. The molecule has 1 aliphatic heterocycles. The molecule has 2 aromatic heterocycles. The summed E-state index contributed by atoms with van der Waals surface area (Å²) in [5.74, 6) is -0.119. The highest BCUT2D eigenvalue weighted by Crippen LogP contribution is 2.18. The van der Waals surface area contributed by atoms with Gasteiger partial charge in [-0.3, -0.25) is 14.7 Å². The molecular formula is C24H24FN5O2. The third-order valence-electron chi connectivity index (χ3n) is 6.01. The van der Waals surface area contributed by atoms with E-state index in [2.05, 4.69) is 15.1 Å². The first-order chi connectivity index (χ1) is 15.6. The number of aryl methyl sites for hydroxylation is 1. The Morgan fingerprint density at radius 1 is 1.00 bits per heavy atom. The van der Waals surface area contributed by atoms with Crippen molar-refractivity contribution in [2.24, 2.45) is 0 Å². The highest BCUT2D eigenvalue weighted by atomic mass is 19.1. The van der Waals surface area contributed by atoms with Gasteiger partial charge in [0.1, 0.15) is 11.5 Å². The second-order valence-electron chi connectivity index (χ2n) is 8.16. The van der Waals surface area contributed by atoms with Crippen LogP contribution in [0.15, 0.2) is 53.3 Å². The number of H-pyrrole nitrogens is 2. The van der Waals surface area contributed by atoms with Crippen LogP contribution < -0.4 is 5.56 Å². The van der Waals surface area contributed by atoms with Gasteiger partial charge in [0, 0.05) is 13.1 Å². The highest BCUT2D eigenvalue weighted by molar-refractivity contribution is 5.93. The number of rotatable bonds is 5. The quantitative estimate of drug-likeness (QED) is 0.504. The van der Waals surface area contributed by atoms with Gasteiger partial charge < -0.3 is 9.88 Å². The van der Waals surface area contributed by atoms with Crippen LogP contribution in [0.5, 0.6) is 0 Å². The number of piperidine rings is 1. The molecule has 0 spiro atoms. The zero-order chi connectivity index (χ0) is 22.1. The molecule has 2 N–H and O–H groups in total. The number of imidazole rings is 1. The van der Waals surface area contributed by atoms with Gasteiger partial charge in [-0.2, -0.15) is 4.68 Å². The molecule has 0 radical (unpaired) electrons. The second kappa shape index (κ2) is 8.45. The average Bonchev–Trinajstić information content (AvgIpc) is 3.39. The van der Waals surface area contributed by atoms with Crippen LogP contribution in [0.3, 0.4) is 0 Å². The van der Waals surface area contributed by atoms with E-state index in [1.165, 1.54) is 16.8 Å². The van der Waals surface area contributed by atoms with E-state index in [4.69, 9.17) is 0 Å². The van der Waals surface area contributed by atoms with Crippen LogP contribution in [-0.2, 0) is 12.8 Å². The maximum absolute atomic E-state index is 13.4. The van der Waals surface area contributed by atoms with Gasteiger partial charge in [0.15, 0.2) is 0 Å². The molecule has 4 aromatic rings. The monoisotopic (exact) mass is 433 g/mol. The highest BCUT2D eigenvalue weighted by Gasteiger charge is 2.26. The van der Waals surface area contributed by atoms with Gasteiger partial charge in [0.05, 0.1) is 16.6 Å². The molecule has 32 heavy (non-hydrogen) atoms. The third-order valence-corrected chi connectivity index (χ3v) is 6.01. The van der Waals surface area contributed by atoms with E-state index in [0.717, 1.165) is 35.9 Å². The number of aromatic amines is 2. The summed E-state index contributed by atoms with van der Waals surface area (Å²) in [5, 5.41) is 3.03. The lowest BCUT2D eigenvalue weighted by Crippen LogP contribution is -2.36. The number of benzene rings is 2. The lowest BCUT2D eigenvalue weighted by atomic mass is 10.0. The normalized spacial score (nSPS) is 14.2. The summed E-state index contributed by atoms with van der Waals surface area (Å²) in [6.45, 7) is 1.38. The Kier molecular flexibility index (Phi) is 5.34. The Balaban J connectivity index is 1.53. The molecule has 3 heterocycles. The van der Waals surface area contributed by atoms with E-state index >= 15 is 0 Å². The van der Waals surface area contributed by atoms with Crippen LogP contribution in [0.4, 0.5) is 4.39 Å². The van der Waals surface area contributed by atoms with Gasteiger partial charge in [-0.05, 0) is 61.9 Å². The minimum Gasteiger partial charge on any atom is -0.337 e. The summed E-state index contributed by atoms with van der Waals surface area (Å²) in [5.41, 5.74) is 2.87. The number of halogens is 1. The molecule has 0 bridgehead atoms. The molecule has 7 nitrogen and oxygen atoms in total. The second-order valence-corrected chi connectivity index (χ2v) is 8.16. The third kappa shape index (κ3) is 3.84. The molecule has 0 aliphatic carbocycles. The van der Waals surface area contributed by atoms with Crippen LogP contribution in [-0.4, -0.2) is 43.6 Å². The first-order valence-corrected chi connectivity index (χ1v) is 10.9. The van der Waals surface area contributed by atoms with Gasteiger partial charge in [-0.1, -0.05) is 24.3 Å². The smallest absolute Gasteiger partial charge is 0.277 e. The van der Waals surface area contributed by atoms with E-state index in [0.29, 0.717) is 43.1 Å². The van der Waals surface area contributed by atoms with Crippen molar-refractivity contribution in [2.75, 3.05) is 13.1 Å². The van der Waals surface area contributed by atoms with Crippen molar-refractivity contribution in [3.63, 3.8) is 0 Å². The van der Waals surface area contributed by atoms with Crippen molar-refractivity contribution in [3.05, 3.63) is 81.5 Å². The lowest BCUT2D eigenvalue weighted by Gasteiger charge is -2.26. The van der Waals surface area contributed by atoms with Crippen LogP contribution in [0.1, 0.15) is 40.9 Å². The van der Waals surface area contributed by atoms with E-state index in [9.17, 15) is 14.0 Å². The number of aromatic nitrogens is 4. The molecule has 8 heteroatoms. The summed E-state index contributed by atoms with van der Waals surface area (Å²) in [4.78, 5) is 36.1. The number of para-hydroxylation sites is 2. The zero-order valence-corrected chi connectivity index (χ0v) is 17.6. The molecule has 1 saturated heterocycles. The minimum atomic E-state index is -0.302. The Hall–Kier alpha value is -3.68. The van der Waals surface area contributed by atoms with Crippen molar-refractivity contribution in [2.45, 2.75) is 32.1 Å². The maximum atomic E-state index is 13.4. The summed E-state index contributed by atoms with van der Waals surface area (Å²) >= 11 is 0. The van der Waals surface area contributed by atoms with E-state index in [1.807, 2.05) is 24.3 Å². The number of likely N-dealkylation sites (tertiary alicyclic amines) is 1. The number of amides is 1. The first kappa shape index (κ1) is 20.2. The van der Waals surface area contributed by atoms with Gasteiger partial charge in [-0.15, -0.1) is 0 Å². The standard InChI is InChI=1S/C24H24FN5O2/c25-17-11-8-16(9-12-17)10-13-18-21(23(32)29-14-4-1-5-15-29)28-30(22(18)31)24-26-19-6-2-3-7-20(19)27-24/h2-3,6-9,11-12,28H,1,4-5,10,13-15H2,(H,26,27). The van der Waals surface area contributed by atoms with E-state index in [-0.39, 0.29) is 17.3 Å². The number of hydrogen-bond acceptors (Lipinski definition) is 3. The van der Waals surface area contributed by atoms with Crippen molar-refractivity contribution >= 4 is 16.9 Å².